The maximum atomic E-state index is 11.8. The number of aromatic nitrogens is 2. The second-order valence-corrected chi connectivity index (χ2v) is 4.99. The van der Waals surface area contributed by atoms with E-state index in [1.807, 2.05) is 18.2 Å². The molecule has 0 saturated carbocycles. The van der Waals surface area contributed by atoms with Gasteiger partial charge in [0, 0.05) is 29.0 Å². The molecule has 0 unspecified atom stereocenters. The molecule has 0 atom stereocenters. The zero-order valence-electron chi connectivity index (χ0n) is 9.81. The van der Waals surface area contributed by atoms with Gasteiger partial charge in [0.15, 0.2) is 5.82 Å². The molecule has 0 spiro atoms. The number of benzene rings is 1. The summed E-state index contributed by atoms with van der Waals surface area (Å²) in [5.74, 6) is 1.05. The number of carbonyl (C=O) groups excluding carboxylic acids is 1. The van der Waals surface area contributed by atoms with Crippen LogP contribution in [0.1, 0.15) is 22.1 Å². The molecule has 0 radical (unpaired) electrons. The molecule has 0 fully saturated rings. The third-order valence-corrected chi connectivity index (χ3v) is 2.96. The topological polar surface area (TPSA) is 68.0 Å². The highest BCUT2D eigenvalue weighted by Crippen LogP contribution is 2.07. The van der Waals surface area contributed by atoms with Crippen molar-refractivity contribution in [3.05, 3.63) is 45.1 Å². The molecule has 1 N–H and O–H groups in total. The molecule has 1 heterocycles. The predicted molar refractivity (Wildman–Crippen MR) is 74.2 cm³/mol. The predicted octanol–water partition coefficient (Wildman–Crippen LogP) is 1.96. The molecule has 0 aliphatic heterocycles. The number of hydrogen-bond acceptors (Lipinski definition) is 4. The first-order chi connectivity index (χ1) is 8.65. The number of halogens is 1. The SMILES string of the molecule is Cc1nc(CCNC(=O)c2cccc(I)c2)no1. The Labute approximate surface area is 118 Å². The quantitative estimate of drug-likeness (QED) is 0.850. The third-order valence-electron chi connectivity index (χ3n) is 2.29. The molecule has 6 heteroatoms. The van der Waals surface area contributed by atoms with Gasteiger partial charge in [0.05, 0.1) is 0 Å². The molecular weight excluding hydrogens is 345 g/mol. The first kappa shape index (κ1) is 13.0. The van der Waals surface area contributed by atoms with E-state index in [1.54, 1.807) is 13.0 Å². The van der Waals surface area contributed by atoms with Gasteiger partial charge in [-0.3, -0.25) is 4.79 Å². The van der Waals surface area contributed by atoms with Crippen molar-refractivity contribution in [2.45, 2.75) is 13.3 Å². The molecule has 2 rings (SSSR count). The van der Waals surface area contributed by atoms with Gasteiger partial charge in [0.25, 0.3) is 5.91 Å². The van der Waals surface area contributed by atoms with Gasteiger partial charge in [-0.25, -0.2) is 0 Å². The molecule has 5 nitrogen and oxygen atoms in total. The van der Waals surface area contributed by atoms with Crippen LogP contribution in [0.4, 0.5) is 0 Å². The van der Waals surface area contributed by atoms with Crippen LogP contribution in [0.2, 0.25) is 0 Å². The molecule has 2 aromatic rings. The van der Waals surface area contributed by atoms with Crippen molar-refractivity contribution in [2.24, 2.45) is 0 Å². The molecule has 0 aliphatic carbocycles. The van der Waals surface area contributed by atoms with Crippen LogP contribution in [0, 0.1) is 10.5 Å². The summed E-state index contributed by atoms with van der Waals surface area (Å²) < 4.78 is 5.88. The molecule has 94 valence electrons. The summed E-state index contributed by atoms with van der Waals surface area (Å²) in [4.78, 5) is 15.9. The van der Waals surface area contributed by atoms with E-state index in [9.17, 15) is 4.79 Å². The monoisotopic (exact) mass is 357 g/mol. The average Bonchev–Trinajstić information content (AvgIpc) is 2.75. The van der Waals surface area contributed by atoms with E-state index in [-0.39, 0.29) is 5.91 Å². The van der Waals surface area contributed by atoms with Crippen LogP contribution in [0.5, 0.6) is 0 Å². The highest BCUT2D eigenvalue weighted by molar-refractivity contribution is 14.1. The summed E-state index contributed by atoms with van der Waals surface area (Å²) in [6, 6.07) is 7.43. The van der Waals surface area contributed by atoms with E-state index < -0.39 is 0 Å². The smallest absolute Gasteiger partial charge is 0.251 e. The zero-order chi connectivity index (χ0) is 13.0. The van der Waals surface area contributed by atoms with Gasteiger partial charge >= 0.3 is 0 Å². The molecule has 18 heavy (non-hydrogen) atoms. The van der Waals surface area contributed by atoms with Crippen molar-refractivity contribution >= 4 is 28.5 Å². The molecule has 0 aliphatic rings. The van der Waals surface area contributed by atoms with Crippen molar-refractivity contribution in [3.8, 4) is 0 Å². The van der Waals surface area contributed by atoms with E-state index >= 15 is 0 Å². The zero-order valence-corrected chi connectivity index (χ0v) is 12.0. The molecule has 1 aromatic heterocycles. The van der Waals surface area contributed by atoms with Crippen LogP contribution in [-0.2, 0) is 6.42 Å². The van der Waals surface area contributed by atoms with E-state index in [0.29, 0.717) is 30.2 Å². The Morgan fingerprint density at radius 3 is 3.00 bits per heavy atom. The minimum absolute atomic E-state index is 0.0891. The van der Waals surface area contributed by atoms with Crippen LogP contribution in [0.3, 0.4) is 0 Å². The Balaban J connectivity index is 1.85. The average molecular weight is 357 g/mol. The highest BCUT2D eigenvalue weighted by atomic mass is 127. The van der Waals surface area contributed by atoms with Crippen molar-refractivity contribution in [1.29, 1.82) is 0 Å². The van der Waals surface area contributed by atoms with Gasteiger partial charge in [0.1, 0.15) is 0 Å². The second kappa shape index (κ2) is 5.94. The van der Waals surface area contributed by atoms with E-state index in [0.717, 1.165) is 3.57 Å². The number of aryl methyl sites for hydroxylation is 1. The molecule has 0 saturated heterocycles. The van der Waals surface area contributed by atoms with Crippen molar-refractivity contribution in [2.75, 3.05) is 6.54 Å². The molecule has 1 aromatic carbocycles. The first-order valence-electron chi connectivity index (χ1n) is 5.48. The Morgan fingerprint density at radius 1 is 1.50 bits per heavy atom. The summed E-state index contributed by atoms with van der Waals surface area (Å²) in [6.45, 7) is 2.23. The van der Waals surface area contributed by atoms with Crippen LogP contribution < -0.4 is 5.32 Å². The Kier molecular flexibility index (Phi) is 4.29. The molecule has 0 bridgehead atoms. The maximum absolute atomic E-state index is 11.8. The summed E-state index contributed by atoms with van der Waals surface area (Å²) >= 11 is 2.18. The van der Waals surface area contributed by atoms with Gasteiger partial charge < -0.3 is 9.84 Å². The van der Waals surface area contributed by atoms with Crippen molar-refractivity contribution in [1.82, 2.24) is 15.5 Å². The minimum Gasteiger partial charge on any atom is -0.352 e. The normalized spacial score (nSPS) is 10.3. The lowest BCUT2D eigenvalue weighted by Gasteiger charge is -2.03. The van der Waals surface area contributed by atoms with Crippen molar-refractivity contribution < 1.29 is 9.32 Å². The Hall–Kier alpha value is -1.44. The van der Waals surface area contributed by atoms with Crippen LogP contribution >= 0.6 is 22.6 Å². The summed E-state index contributed by atoms with van der Waals surface area (Å²) in [6.07, 6.45) is 0.563. The minimum atomic E-state index is -0.0891. The fourth-order valence-electron chi connectivity index (χ4n) is 1.46. The molecule has 1 amide bonds. The fraction of sp³-hybridized carbons (Fsp3) is 0.250. The number of nitrogens with zero attached hydrogens (tertiary/aromatic N) is 2. The first-order valence-corrected chi connectivity index (χ1v) is 6.56. The van der Waals surface area contributed by atoms with E-state index in [4.69, 9.17) is 4.52 Å². The summed E-state index contributed by atoms with van der Waals surface area (Å²) in [5.41, 5.74) is 0.659. The highest BCUT2D eigenvalue weighted by Gasteiger charge is 2.06. The van der Waals surface area contributed by atoms with Crippen LogP contribution in [-0.4, -0.2) is 22.6 Å². The summed E-state index contributed by atoms with van der Waals surface area (Å²) in [7, 11) is 0. The number of amides is 1. The molecular formula is C12H12IN3O2. The third kappa shape index (κ3) is 3.52. The van der Waals surface area contributed by atoms with Gasteiger partial charge in [0.2, 0.25) is 5.89 Å². The number of hydrogen-bond donors (Lipinski definition) is 1. The van der Waals surface area contributed by atoms with E-state index in [2.05, 4.69) is 38.0 Å². The summed E-state index contributed by atoms with van der Waals surface area (Å²) in [5, 5.41) is 6.58. The lowest BCUT2D eigenvalue weighted by Crippen LogP contribution is -2.25. The second-order valence-electron chi connectivity index (χ2n) is 3.75. The Morgan fingerprint density at radius 2 is 2.33 bits per heavy atom. The lowest BCUT2D eigenvalue weighted by atomic mass is 10.2. The van der Waals surface area contributed by atoms with Gasteiger partial charge in [-0.15, -0.1) is 0 Å². The van der Waals surface area contributed by atoms with Gasteiger partial charge in [-0.1, -0.05) is 11.2 Å². The van der Waals surface area contributed by atoms with Crippen molar-refractivity contribution in [3.63, 3.8) is 0 Å². The number of nitrogens with one attached hydrogen (secondary N) is 1. The standard InChI is InChI=1S/C12H12IN3O2/c1-8-15-11(16-18-8)5-6-14-12(17)9-3-2-4-10(13)7-9/h2-4,7H,5-6H2,1H3,(H,14,17). The van der Waals surface area contributed by atoms with Gasteiger partial charge in [-0.05, 0) is 40.8 Å². The maximum Gasteiger partial charge on any atom is 0.251 e. The van der Waals surface area contributed by atoms with Gasteiger partial charge in [-0.2, -0.15) is 4.98 Å². The van der Waals surface area contributed by atoms with Crippen LogP contribution in [0.25, 0.3) is 0 Å². The lowest BCUT2D eigenvalue weighted by molar-refractivity contribution is 0.0954. The fourth-order valence-corrected chi connectivity index (χ4v) is 2.01. The van der Waals surface area contributed by atoms with Crippen LogP contribution in [0.15, 0.2) is 28.8 Å². The van der Waals surface area contributed by atoms with E-state index in [1.165, 1.54) is 0 Å². The number of rotatable bonds is 4. The largest absolute Gasteiger partial charge is 0.352 e. The Bertz CT molecular complexity index is 554. The number of carbonyl (C=O) groups is 1.